The van der Waals surface area contributed by atoms with E-state index in [1.54, 1.807) is 35.4 Å². The van der Waals surface area contributed by atoms with Crippen LogP contribution in [-0.4, -0.2) is 24.8 Å². The first-order valence-electron chi connectivity index (χ1n) is 4.59. The Bertz CT molecular complexity index is 614. The van der Waals surface area contributed by atoms with Crippen molar-refractivity contribution in [2.45, 2.75) is 0 Å². The smallest absolute Gasteiger partial charge is 0.159 e. The molecule has 0 bridgehead atoms. The number of H-pyrrole nitrogens is 1. The van der Waals surface area contributed by atoms with Crippen molar-refractivity contribution in [3.05, 3.63) is 35.9 Å². The molecule has 0 aliphatic heterocycles. The molecule has 3 heterocycles. The van der Waals surface area contributed by atoms with Gasteiger partial charge in [-0.3, -0.25) is 5.10 Å². The van der Waals surface area contributed by atoms with Gasteiger partial charge >= 0.3 is 0 Å². The number of halogens is 1. The zero-order valence-corrected chi connectivity index (χ0v) is 8.81. The second-order valence-corrected chi connectivity index (χ2v) is 3.55. The minimum absolute atomic E-state index is 0.547. The summed E-state index contributed by atoms with van der Waals surface area (Å²) in [6.45, 7) is 0. The summed E-state index contributed by atoms with van der Waals surface area (Å²) < 4.78 is 1.66. The molecule has 0 aliphatic carbocycles. The molecule has 0 aliphatic rings. The predicted molar refractivity (Wildman–Crippen MR) is 59.9 cm³/mol. The molecule has 7 heteroatoms. The highest BCUT2D eigenvalue weighted by atomic mass is 35.5. The largest absolute Gasteiger partial charge is 0.322 e. The fourth-order valence-electron chi connectivity index (χ4n) is 1.45. The molecule has 0 radical (unpaired) electrons. The van der Waals surface area contributed by atoms with Gasteiger partial charge in [-0.15, -0.1) is 0 Å². The van der Waals surface area contributed by atoms with Crippen LogP contribution in [-0.2, 0) is 0 Å². The van der Waals surface area contributed by atoms with Gasteiger partial charge in [0.1, 0.15) is 5.52 Å². The van der Waals surface area contributed by atoms with Crippen LogP contribution in [0.3, 0.4) is 0 Å². The lowest BCUT2D eigenvalue weighted by Gasteiger charge is -2.03. The number of hydrogen-bond acceptors (Lipinski definition) is 4. The number of hydrogen-bond donors (Lipinski definition) is 2. The molecule has 0 amide bonds. The summed E-state index contributed by atoms with van der Waals surface area (Å²) >= 11 is 6.03. The van der Waals surface area contributed by atoms with Crippen molar-refractivity contribution in [3.8, 4) is 0 Å². The normalized spacial score (nSPS) is 10.8. The predicted octanol–water partition coefficient (Wildman–Crippen LogP) is 1.85. The van der Waals surface area contributed by atoms with Crippen LogP contribution in [0.15, 0.2) is 30.9 Å². The van der Waals surface area contributed by atoms with Gasteiger partial charge in [0.2, 0.25) is 0 Å². The van der Waals surface area contributed by atoms with Crippen LogP contribution in [0.5, 0.6) is 0 Å². The zero-order chi connectivity index (χ0) is 11.0. The number of nitrogens with zero attached hydrogens (tertiary/aromatic N) is 4. The highest BCUT2D eigenvalue weighted by Gasteiger charge is 2.09. The number of rotatable bonds is 2. The van der Waals surface area contributed by atoms with Crippen molar-refractivity contribution in [2.24, 2.45) is 0 Å². The highest BCUT2D eigenvalue weighted by Crippen LogP contribution is 2.24. The molecule has 2 N–H and O–H groups in total. The molecular formula is C9H7ClN6. The molecule has 0 spiro atoms. The topological polar surface area (TPSA) is 70.9 Å². The molecule has 0 unspecified atom stereocenters. The van der Waals surface area contributed by atoms with E-state index in [0.29, 0.717) is 16.7 Å². The first-order chi connectivity index (χ1) is 7.84. The van der Waals surface area contributed by atoms with E-state index >= 15 is 0 Å². The number of aromatic amines is 1. The first-order valence-corrected chi connectivity index (χ1v) is 4.97. The Morgan fingerprint density at radius 3 is 3.19 bits per heavy atom. The molecule has 0 aromatic carbocycles. The van der Waals surface area contributed by atoms with Gasteiger partial charge in [-0.2, -0.15) is 10.2 Å². The van der Waals surface area contributed by atoms with Crippen molar-refractivity contribution in [1.29, 1.82) is 0 Å². The summed E-state index contributed by atoms with van der Waals surface area (Å²) in [6.07, 6.45) is 6.68. The Balaban J connectivity index is 2.12. The quantitative estimate of drug-likeness (QED) is 0.710. The van der Waals surface area contributed by atoms with Gasteiger partial charge in [0.25, 0.3) is 0 Å². The van der Waals surface area contributed by atoms with E-state index in [1.165, 1.54) is 0 Å². The third-order valence-corrected chi connectivity index (χ3v) is 2.41. The molecule has 80 valence electrons. The summed E-state index contributed by atoms with van der Waals surface area (Å²) in [4.78, 5) is 4.20. The van der Waals surface area contributed by atoms with E-state index in [0.717, 1.165) is 5.52 Å². The van der Waals surface area contributed by atoms with Crippen LogP contribution in [0.4, 0.5) is 11.6 Å². The third kappa shape index (κ3) is 1.40. The highest BCUT2D eigenvalue weighted by molar-refractivity contribution is 6.34. The minimum Gasteiger partial charge on any atom is -0.322 e. The Morgan fingerprint density at radius 1 is 1.44 bits per heavy atom. The second-order valence-electron chi connectivity index (χ2n) is 3.15. The van der Waals surface area contributed by atoms with Crippen LogP contribution in [0.25, 0.3) is 5.52 Å². The van der Waals surface area contributed by atoms with E-state index in [1.807, 2.05) is 0 Å². The summed E-state index contributed by atoms with van der Waals surface area (Å²) in [7, 11) is 0. The summed E-state index contributed by atoms with van der Waals surface area (Å²) in [6, 6.07) is 1.80. The summed E-state index contributed by atoms with van der Waals surface area (Å²) in [5.41, 5.74) is 0.729. The molecule has 0 saturated carbocycles. The van der Waals surface area contributed by atoms with Gasteiger partial charge in [0, 0.05) is 24.7 Å². The maximum Gasteiger partial charge on any atom is 0.159 e. The fraction of sp³-hybridized carbons (Fsp3) is 0. The van der Waals surface area contributed by atoms with E-state index < -0.39 is 0 Å². The lowest BCUT2D eigenvalue weighted by molar-refractivity contribution is 0.947. The molecule has 3 aromatic rings. The van der Waals surface area contributed by atoms with Gasteiger partial charge < -0.3 is 5.32 Å². The van der Waals surface area contributed by atoms with Crippen LogP contribution in [0.1, 0.15) is 0 Å². The van der Waals surface area contributed by atoms with Crippen LogP contribution < -0.4 is 5.32 Å². The molecule has 3 aromatic heterocycles. The first kappa shape index (κ1) is 9.17. The van der Waals surface area contributed by atoms with E-state index in [4.69, 9.17) is 11.6 Å². The van der Waals surface area contributed by atoms with E-state index in [2.05, 4.69) is 25.6 Å². The van der Waals surface area contributed by atoms with Crippen molar-refractivity contribution in [2.75, 3.05) is 5.32 Å². The standard InChI is InChI=1S/C9H7ClN6/c10-6-5-13-16-4-3-11-9(8(6)16)14-7-1-2-12-15-7/h1-5H,(H2,11,12,14,15). The molecule has 0 fully saturated rings. The fourth-order valence-corrected chi connectivity index (χ4v) is 1.67. The lowest BCUT2D eigenvalue weighted by atomic mass is 10.4. The van der Waals surface area contributed by atoms with Crippen LogP contribution in [0.2, 0.25) is 5.02 Å². The monoisotopic (exact) mass is 234 g/mol. The van der Waals surface area contributed by atoms with Crippen molar-refractivity contribution >= 4 is 28.8 Å². The maximum atomic E-state index is 6.03. The number of fused-ring (bicyclic) bond motifs is 1. The molecule has 3 rings (SSSR count). The number of nitrogens with one attached hydrogen (secondary N) is 2. The average molecular weight is 235 g/mol. The Labute approximate surface area is 95.3 Å². The van der Waals surface area contributed by atoms with Crippen molar-refractivity contribution in [3.63, 3.8) is 0 Å². The van der Waals surface area contributed by atoms with Gasteiger partial charge in [0.15, 0.2) is 11.6 Å². The molecular weight excluding hydrogens is 228 g/mol. The van der Waals surface area contributed by atoms with Crippen LogP contribution in [0, 0.1) is 0 Å². The molecule has 6 nitrogen and oxygen atoms in total. The minimum atomic E-state index is 0.547. The third-order valence-electron chi connectivity index (χ3n) is 2.13. The van der Waals surface area contributed by atoms with E-state index in [9.17, 15) is 0 Å². The Morgan fingerprint density at radius 2 is 2.38 bits per heavy atom. The molecule has 0 saturated heterocycles. The molecule has 0 atom stereocenters. The summed E-state index contributed by atoms with van der Waals surface area (Å²) in [5, 5.41) is 14.4. The van der Waals surface area contributed by atoms with Gasteiger partial charge in [-0.25, -0.2) is 9.50 Å². The summed E-state index contributed by atoms with van der Waals surface area (Å²) in [5.74, 6) is 1.30. The van der Waals surface area contributed by atoms with Gasteiger partial charge in [-0.1, -0.05) is 11.6 Å². The van der Waals surface area contributed by atoms with E-state index in [-0.39, 0.29) is 0 Å². The lowest BCUT2D eigenvalue weighted by Crippen LogP contribution is -1.98. The Hall–Kier alpha value is -2.08. The van der Waals surface area contributed by atoms with Gasteiger partial charge in [-0.05, 0) is 0 Å². The van der Waals surface area contributed by atoms with Crippen molar-refractivity contribution < 1.29 is 0 Å². The average Bonchev–Trinajstić information content (AvgIpc) is 2.90. The van der Waals surface area contributed by atoms with Gasteiger partial charge in [0.05, 0.1) is 11.2 Å². The number of aromatic nitrogens is 5. The van der Waals surface area contributed by atoms with Crippen molar-refractivity contribution in [1.82, 2.24) is 24.8 Å². The van der Waals surface area contributed by atoms with Crippen LogP contribution >= 0.6 is 11.6 Å². The maximum absolute atomic E-state index is 6.03. The zero-order valence-electron chi connectivity index (χ0n) is 8.05. The number of anilines is 2. The SMILES string of the molecule is Clc1cnn2ccnc(Nc3cc[nH]n3)c12. The Kier molecular flexibility index (Phi) is 2.00. The second kappa shape index (κ2) is 3.49. The molecule has 16 heavy (non-hydrogen) atoms.